The van der Waals surface area contributed by atoms with E-state index in [4.69, 9.17) is 9.47 Å². The summed E-state index contributed by atoms with van der Waals surface area (Å²) in [7, 11) is 0. The Hall–Kier alpha value is -1.94. The van der Waals surface area contributed by atoms with Crippen LogP contribution in [0, 0.1) is 5.92 Å². The first-order chi connectivity index (χ1) is 11.8. The highest BCUT2D eigenvalue weighted by Gasteiger charge is 2.25. The van der Waals surface area contributed by atoms with Gasteiger partial charge in [-0.3, -0.25) is 4.79 Å². The molecule has 0 bridgehead atoms. The summed E-state index contributed by atoms with van der Waals surface area (Å²) in [6.45, 7) is 10.7. The summed E-state index contributed by atoms with van der Waals surface area (Å²) in [5, 5.41) is 0. The Balaban J connectivity index is 2.13. The molecule has 136 valence electrons. The van der Waals surface area contributed by atoms with E-state index in [-0.39, 0.29) is 17.7 Å². The predicted molar refractivity (Wildman–Crippen MR) is 97.7 cm³/mol. The van der Waals surface area contributed by atoms with Crippen LogP contribution in [0.25, 0.3) is 0 Å². The fraction of sp³-hybridized carbons (Fsp3) is 0.524. The topological polar surface area (TPSA) is 52.6 Å². The third-order valence-corrected chi connectivity index (χ3v) is 4.40. The lowest BCUT2D eigenvalue weighted by atomic mass is 9.82. The molecule has 1 aromatic rings. The molecular weight excluding hydrogens is 316 g/mol. The van der Waals surface area contributed by atoms with Crippen LogP contribution in [0.4, 0.5) is 0 Å². The zero-order chi connectivity index (χ0) is 18.4. The maximum absolute atomic E-state index is 12.4. The number of benzene rings is 1. The largest absolute Gasteiger partial charge is 0.456 e. The maximum atomic E-state index is 12.4. The van der Waals surface area contributed by atoms with Gasteiger partial charge in [-0.2, -0.15) is 0 Å². The first-order valence-electron chi connectivity index (χ1n) is 8.87. The Bertz CT molecular complexity index is 604. The van der Waals surface area contributed by atoms with Crippen molar-refractivity contribution in [2.75, 3.05) is 13.2 Å². The van der Waals surface area contributed by atoms with Gasteiger partial charge in [-0.05, 0) is 69.7 Å². The number of ketones is 1. The van der Waals surface area contributed by atoms with Crippen LogP contribution in [0.3, 0.4) is 0 Å². The molecule has 0 spiro atoms. The minimum absolute atomic E-state index is 0.0245. The summed E-state index contributed by atoms with van der Waals surface area (Å²) in [6.07, 6.45) is 4.15. The molecule has 1 aromatic carbocycles. The van der Waals surface area contributed by atoms with E-state index in [1.54, 1.807) is 12.1 Å². The molecule has 0 aromatic heterocycles. The molecule has 1 atom stereocenters. The minimum Gasteiger partial charge on any atom is -0.456 e. The minimum atomic E-state index is -0.528. The van der Waals surface area contributed by atoms with E-state index >= 15 is 0 Å². The van der Waals surface area contributed by atoms with Crippen LogP contribution in [-0.4, -0.2) is 30.6 Å². The zero-order valence-electron chi connectivity index (χ0n) is 15.4. The Morgan fingerprint density at radius 1 is 1.24 bits per heavy atom. The van der Waals surface area contributed by atoms with Crippen LogP contribution < -0.4 is 0 Å². The van der Waals surface area contributed by atoms with Gasteiger partial charge >= 0.3 is 5.97 Å². The predicted octanol–water partition coefficient (Wildman–Crippen LogP) is 4.30. The average Bonchev–Trinajstić information content (AvgIpc) is 2.58. The van der Waals surface area contributed by atoms with Crippen LogP contribution >= 0.6 is 0 Å². The molecule has 1 unspecified atom stereocenters. The van der Waals surface area contributed by atoms with Gasteiger partial charge < -0.3 is 9.47 Å². The zero-order valence-corrected chi connectivity index (χ0v) is 15.4. The quantitative estimate of drug-likeness (QED) is 0.570. The van der Waals surface area contributed by atoms with E-state index in [9.17, 15) is 9.59 Å². The fourth-order valence-electron chi connectivity index (χ4n) is 3.06. The lowest BCUT2D eigenvalue weighted by molar-refractivity contribution is -0.116. The first kappa shape index (κ1) is 19.4. The van der Waals surface area contributed by atoms with Crippen molar-refractivity contribution in [1.29, 1.82) is 0 Å². The van der Waals surface area contributed by atoms with E-state index in [1.807, 2.05) is 32.9 Å². The summed E-state index contributed by atoms with van der Waals surface area (Å²) >= 11 is 0. The van der Waals surface area contributed by atoms with Gasteiger partial charge in [-0.15, -0.1) is 0 Å². The van der Waals surface area contributed by atoms with Crippen molar-refractivity contribution in [2.24, 2.45) is 5.92 Å². The summed E-state index contributed by atoms with van der Waals surface area (Å²) in [5.41, 5.74) is 0.887. The number of ether oxygens (including phenoxy) is 2. The maximum Gasteiger partial charge on any atom is 0.338 e. The smallest absolute Gasteiger partial charge is 0.338 e. The number of esters is 1. The third-order valence-electron chi connectivity index (χ3n) is 4.40. The van der Waals surface area contributed by atoms with Crippen LogP contribution in [-0.2, 0) is 14.3 Å². The Morgan fingerprint density at radius 2 is 1.84 bits per heavy atom. The summed E-state index contributed by atoms with van der Waals surface area (Å²) < 4.78 is 10.8. The molecule has 1 fully saturated rings. The lowest BCUT2D eigenvalue weighted by Crippen LogP contribution is -2.24. The molecule has 25 heavy (non-hydrogen) atoms. The van der Waals surface area contributed by atoms with Gasteiger partial charge in [-0.25, -0.2) is 4.79 Å². The number of rotatable bonds is 6. The summed E-state index contributed by atoms with van der Waals surface area (Å²) in [4.78, 5) is 24.5. The number of hydrogen-bond acceptors (Lipinski definition) is 4. The third kappa shape index (κ3) is 5.82. The van der Waals surface area contributed by atoms with Crippen molar-refractivity contribution in [3.63, 3.8) is 0 Å². The summed E-state index contributed by atoms with van der Waals surface area (Å²) in [6, 6.07) is 7.17. The summed E-state index contributed by atoms with van der Waals surface area (Å²) in [5.74, 6) is -0.0620. The Labute approximate surface area is 150 Å². The van der Waals surface area contributed by atoms with Crippen molar-refractivity contribution >= 4 is 11.8 Å². The van der Waals surface area contributed by atoms with Crippen molar-refractivity contribution in [2.45, 2.75) is 51.6 Å². The van der Waals surface area contributed by atoms with E-state index in [0.29, 0.717) is 11.5 Å². The van der Waals surface area contributed by atoms with Crippen LogP contribution in [0.5, 0.6) is 0 Å². The van der Waals surface area contributed by atoms with E-state index in [1.165, 1.54) is 6.08 Å². The molecule has 1 aliphatic heterocycles. The van der Waals surface area contributed by atoms with Crippen LogP contribution in [0.2, 0.25) is 0 Å². The highest BCUT2D eigenvalue weighted by atomic mass is 16.6. The standard InChI is InChI=1S/C21H28O4/c1-5-19(22)18(14-15-10-12-24-13-11-15)16-6-8-17(9-7-16)20(23)25-21(2,3)4/h5-9,15,18H,1,10-14H2,2-4H3. The van der Waals surface area contributed by atoms with Gasteiger partial charge in [-0.1, -0.05) is 18.7 Å². The molecule has 0 N–H and O–H groups in total. The number of carbonyl (C=O) groups excluding carboxylic acids is 2. The Kier molecular flexibility index (Phi) is 6.54. The van der Waals surface area contributed by atoms with Gasteiger partial charge in [0.15, 0.2) is 5.78 Å². The van der Waals surface area contributed by atoms with E-state index in [2.05, 4.69) is 6.58 Å². The number of hydrogen-bond donors (Lipinski definition) is 0. The van der Waals surface area contributed by atoms with Gasteiger partial charge in [0.2, 0.25) is 0 Å². The monoisotopic (exact) mass is 344 g/mol. The van der Waals surface area contributed by atoms with Crippen molar-refractivity contribution in [1.82, 2.24) is 0 Å². The second kappa shape index (κ2) is 8.43. The van der Waals surface area contributed by atoms with Gasteiger partial charge in [0, 0.05) is 19.1 Å². The normalized spacial score (nSPS) is 16.9. The van der Waals surface area contributed by atoms with Gasteiger partial charge in [0.1, 0.15) is 5.60 Å². The van der Waals surface area contributed by atoms with Gasteiger partial charge in [0.25, 0.3) is 0 Å². The number of carbonyl (C=O) groups is 2. The molecular formula is C21H28O4. The fourth-order valence-corrected chi connectivity index (χ4v) is 3.06. The molecule has 0 saturated carbocycles. The molecule has 0 amide bonds. The molecule has 0 aliphatic carbocycles. The first-order valence-corrected chi connectivity index (χ1v) is 8.87. The molecule has 1 aliphatic rings. The van der Waals surface area contributed by atoms with Crippen molar-refractivity contribution in [3.05, 3.63) is 48.0 Å². The second-order valence-corrected chi connectivity index (χ2v) is 7.57. The highest BCUT2D eigenvalue weighted by Crippen LogP contribution is 2.30. The van der Waals surface area contributed by atoms with Crippen molar-refractivity contribution < 1.29 is 19.1 Å². The highest BCUT2D eigenvalue weighted by molar-refractivity contribution is 5.95. The van der Waals surface area contributed by atoms with E-state index in [0.717, 1.165) is 38.0 Å². The lowest BCUT2D eigenvalue weighted by Gasteiger charge is -2.26. The number of allylic oxidation sites excluding steroid dienone is 1. The van der Waals surface area contributed by atoms with Crippen LogP contribution in [0.1, 0.15) is 61.9 Å². The van der Waals surface area contributed by atoms with E-state index < -0.39 is 5.60 Å². The molecule has 1 heterocycles. The molecule has 2 rings (SSSR count). The Morgan fingerprint density at radius 3 is 2.36 bits per heavy atom. The second-order valence-electron chi connectivity index (χ2n) is 7.57. The van der Waals surface area contributed by atoms with Crippen LogP contribution in [0.15, 0.2) is 36.9 Å². The SMILES string of the molecule is C=CC(=O)C(CC1CCOCC1)c1ccc(C(=O)OC(C)(C)C)cc1. The molecule has 0 radical (unpaired) electrons. The molecule has 4 nitrogen and oxygen atoms in total. The molecule has 1 saturated heterocycles. The average molecular weight is 344 g/mol. The van der Waals surface area contributed by atoms with Gasteiger partial charge in [0.05, 0.1) is 5.56 Å². The molecule has 4 heteroatoms. The van der Waals surface area contributed by atoms with Crippen molar-refractivity contribution in [3.8, 4) is 0 Å².